The van der Waals surface area contributed by atoms with E-state index in [9.17, 15) is 18.0 Å². The van der Waals surface area contributed by atoms with Crippen LogP contribution >= 0.6 is 0 Å². The summed E-state index contributed by atoms with van der Waals surface area (Å²) in [5.74, 6) is -0.247. The first kappa shape index (κ1) is 17.9. The van der Waals surface area contributed by atoms with Crippen LogP contribution < -0.4 is 0 Å². The average Bonchev–Trinajstić information content (AvgIpc) is 2.71. The number of amides is 3. The van der Waals surface area contributed by atoms with Crippen molar-refractivity contribution < 1.29 is 18.0 Å². The van der Waals surface area contributed by atoms with Crippen molar-refractivity contribution in [3.05, 3.63) is 29.3 Å². The zero-order valence-corrected chi connectivity index (χ0v) is 15.8. The van der Waals surface area contributed by atoms with Crippen LogP contribution in [0.1, 0.15) is 24.0 Å². The molecule has 0 bridgehead atoms. The van der Waals surface area contributed by atoms with Crippen LogP contribution in [-0.4, -0.2) is 67.2 Å². The Bertz CT molecular complexity index is 841. The summed E-state index contributed by atoms with van der Waals surface area (Å²) in [6, 6.07) is 4.93. The number of urea groups is 1. The van der Waals surface area contributed by atoms with Gasteiger partial charge >= 0.3 is 6.03 Å². The fourth-order valence-electron chi connectivity index (χ4n) is 3.82. The van der Waals surface area contributed by atoms with Crippen molar-refractivity contribution in [2.45, 2.75) is 37.1 Å². The number of sulfonamides is 1. The quantitative estimate of drug-likeness (QED) is 0.741. The van der Waals surface area contributed by atoms with E-state index in [1.165, 1.54) is 16.3 Å². The lowest BCUT2D eigenvalue weighted by molar-refractivity contribution is -0.133. The van der Waals surface area contributed by atoms with Crippen LogP contribution in [0.5, 0.6) is 0 Å². The van der Waals surface area contributed by atoms with Gasteiger partial charge in [0.05, 0.1) is 4.90 Å². The van der Waals surface area contributed by atoms with Crippen molar-refractivity contribution in [1.82, 2.24) is 14.1 Å². The summed E-state index contributed by atoms with van der Waals surface area (Å²) in [4.78, 5) is 27.5. The second kappa shape index (κ2) is 5.81. The van der Waals surface area contributed by atoms with E-state index in [0.29, 0.717) is 23.3 Å². The average molecular weight is 365 g/mol. The van der Waals surface area contributed by atoms with Gasteiger partial charge in [0.15, 0.2) is 0 Å². The molecule has 0 saturated carbocycles. The molecule has 2 aliphatic rings. The van der Waals surface area contributed by atoms with E-state index in [1.807, 2.05) is 13.0 Å². The molecule has 1 aromatic rings. The number of hydrogen-bond acceptors (Lipinski definition) is 4. The highest BCUT2D eigenvalue weighted by molar-refractivity contribution is 7.89. The van der Waals surface area contributed by atoms with Crippen LogP contribution in [0.2, 0.25) is 0 Å². The number of carbonyl (C=O) groups is 2. The van der Waals surface area contributed by atoms with Gasteiger partial charge in [0.25, 0.3) is 5.91 Å². The highest BCUT2D eigenvalue weighted by Crippen LogP contribution is 2.37. The number of piperidine rings is 1. The molecule has 0 unspecified atom stereocenters. The molecular weight excluding hydrogens is 342 g/mol. The molecule has 0 aliphatic carbocycles. The molecule has 2 fully saturated rings. The number of hydrogen-bond donors (Lipinski definition) is 0. The molecule has 1 aromatic carbocycles. The summed E-state index contributed by atoms with van der Waals surface area (Å²) >= 11 is 0. The summed E-state index contributed by atoms with van der Waals surface area (Å²) in [6.45, 7) is 4.13. The van der Waals surface area contributed by atoms with Gasteiger partial charge in [-0.2, -0.15) is 4.31 Å². The van der Waals surface area contributed by atoms with Gasteiger partial charge in [-0.05, 0) is 38.3 Å². The molecule has 2 saturated heterocycles. The molecule has 3 rings (SSSR count). The van der Waals surface area contributed by atoms with E-state index in [2.05, 4.69) is 0 Å². The summed E-state index contributed by atoms with van der Waals surface area (Å²) in [6.07, 6.45) is 0.616. The molecule has 0 aromatic heterocycles. The van der Waals surface area contributed by atoms with E-state index >= 15 is 0 Å². The van der Waals surface area contributed by atoms with E-state index in [4.69, 9.17) is 0 Å². The molecule has 136 valence electrons. The molecule has 1 spiro atoms. The third kappa shape index (κ3) is 2.55. The van der Waals surface area contributed by atoms with Crippen LogP contribution in [0.25, 0.3) is 0 Å². The molecule has 8 heteroatoms. The minimum atomic E-state index is -3.61. The Kier molecular flexibility index (Phi) is 4.15. The molecule has 0 atom stereocenters. The van der Waals surface area contributed by atoms with Crippen molar-refractivity contribution in [3.8, 4) is 0 Å². The third-order valence-electron chi connectivity index (χ3n) is 5.42. The maximum atomic E-state index is 13.0. The summed E-state index contributed by atoms with van der Waals surface area (Å²) in [7, 11) is -0.537. The smallest absolute Gasteiger partial charge is 0.312 e. The van der Waals surface area contributed by atoms with E-state index in [0.717, 1.165) is 10.5 Å². The standard InChI is InChI=1S/C17H23N3O4S/c1-12-5-6-14(13(2)11-12)25(23,24)20-9-7-17(8-10-20)15(21)18(3)16(22)19(17)4/h5-6,11H,7-10H2,1-4H3. The molecular formula is C17H23N3O4S. The lowest BCUT2D eigenvalue weighted by Crippen LogP contribution is -2.56. The first-order valence-corrected chi connectivity index (χ1v) is 9.68. The Morgan fingerprint density at radius 3 is 2.12 bits per heavy atom. The minimum absolute atomic E-state index is 0.215. The van der Waals surface area contributed by atoms with Crippen LogP contribution in [0.3, 0.4) is 0 Å². The number of aryl methyl sites for hydroxylation is 2. The second-order valence-electron chi connectivity index (χ2n) is 6.91. The first-order chi connectivity index (χ1) is 11.6. The van der Waals surface area contributed by atoms with Crippen molar-refractivity contribution in [3.63, 3.8) is 0 Å². The van der Waals surface area contributed by atoms with Gasteiger partial charge in [-0.3, -0.25) is 9.69 Å². The SMILES string of the molecule is Cc1ccc(S(=O)(=O)N2CCC3(CC2)C(=O)N(C)C(=O)N3C)c(C)c1. The van der Waals surface area contributed by atoms with E-state index < -0.39 is 15.6 Å². The highest BCUT2D eigenvalue weighted by Gasteiger charge is 2.56. The molecule has 3 amide bonds. The minimum Gasteiger partial charge on any atom is -0.312 e. The van der Waals surface area contributed by atoms with Gasteiger partial charge in [0.1, 0.15) is 5.54 Å². The number of nitrogens with zero attached hydrogens (tertiary/aromatic N) is 3. The monoisotopic (exact) mass is 365 g/mol. The van der Waals surface area contributed by atoms with Crippen molar-refractivity contribution in [2.75, 3.05) is 27.2 Å². The number of likely N-dealkylation sites (N-methyl/N-ethyl adjacent to an activating group) is 2. The number of rotatable bonds is 2. The predicted octanol–water partition coefficient (Wildman–Crippen LogP) is 1.35. The Morgan fingerprint density at radius 1 is 1.04 bits per heavy atom. The van der Waals surface area contributed by atoms with Gasteiger partial charge in [0.2, 0.25) is 10.0 Å². The van der Waals surface area contributed by atoms with Gasteiger partial charge < -0.3 is 4.90 Å². The van der Waals surface area contributed by atoms with Gasteiger partial charge in [-0.25, -0.2) is 13.2 Å². The topological polar surface area (TPSA) is 78.0 Å². The maximum absolute atomic E-state index is 13.0. The fourth-order valence-corrected chi connectivity index (χ4v) is 5.47. The summed E-state index contributed by atoms with van der Waals surface area (Å²) in [5.41, 5.74) is 0.804. The van der Waals surface area contributed by atoms with Crippen molar-refractivity contribution >= 4 is 22.0 Å². The zero-order valence-electron chi connectivity index (χ0n) is 14.9. The molecule has 25 heavy (non-hydrogen) atoms. The van der Waals surface area contributed by atoms with Gasteiger partial charge in [-0.15, -0.1) is 0 Å². The normalized spacial score (nSPS) is 21.4. The zero-order chi connectivity index (χ0) is 18.6. The van der Waals surface area contributed by atoms with Crippen molar-refractivity contribution in [2.24, 2.45) is 0 Å². The maximum Gasteiger partial charge on any atom is 0.327 e. The van der Waals surface area contributed by atoms with Crippen molar-refractivity contribution in [1.29, 1.82) is 0 Å². The van der Waals surface area contributed by atoms with E-state index in [1.54, 1.807) is 26.1 Å². The number of imide groups is 1. The molecule has 0 radical (unpaired) electrons. The number of benzene rings is 1. The Labute approximate surface area is 148 Å². The Balaban J connectivity index is 1.85. The molecule has 2 aliphatic heterocycles. The van der Waals surface area contributed by atoms with E-state index in [-0.39, 0.29) is 25.0 Å². The van der Waals surface area contributed by atoms with Crippen LogP contribution in [-0.2, 0) is 14.8 Å². The van der Waals surface area contributed by atoms with Gasteiger partial charge in [-0.1, -0.05) is 17.7 Å². The summed E-state index contributed by atoms with van der Waals surface area (Å²) < 4.78 is 27.3. The second-order valence-corrected chi connectivity index (χ2v) is 8.82. The third-order valence-corrected chi connectivity index (χ3v) is 7.48. The molecule has 7 nitrogen and oxygen atoms in total. The highest BCUT2D eigenvalue weighted by atomic mass is 32.2. The van der Waals surface area contributed by atoms with Gasteiger partial charge in [0, 0.05) is 27.2 Å². The Morgan fingerprint density at radius 2 is 1.64 bits per heavy atom. The van der Waals surface area contributed by atoms with Crippen LogP contribution in [0.4, 0.5) is 4.79 Å². The predicted molar refractivity (Wildman–Crippen MR) is 92.6 cm³/mol. The Hall–Kier alpha value is -1.93. The summed E-state index contributed by atoms with van der Waals surface area (Å²) in [5, 5.41) is 0. The molecule has 0 N–H and O–H groups in total. The lowest BCUT2D eigenvalue weighted by atomic mass is 9.87. The lowest BCUT2D eigenvalue weighted by Gasteiger charge is -2.40. The largest absolute Gasteiger partial charge is 0.327 e. The van der Waals surface area contributed by atoms with Crippen LogP contribution in [0, 0.1) is 13.8 Å². The number of carbonyl (C=O) groups excluding carboxylic acids is 2. The fraction of sp³-hybridized carbons (Fsp3) is 0.529. The first-order valence-electron chi connectivity index (χ1n) is 8.24. The van der Waals surface area contributed by atoms with Crippen LogP contribution in [0.15, 0.2) is 23.1 Å². The molecule has 2 heterocycles.